The zero-order valence-corrected chi connectivity index (χ0v) is 5.55. The third-order valence-corrected chi connectivity index (χ3v) is 1.02. The van der Waals surface area contributed by atoms with E-state index in [9.17, 15) is 0 Å². The highest BCUT2D eigenvalue weighted by Crippen LogP contribution is 1.97. The van der Waals surface area contributed by atoms with Gasteiger partial charge in [0.1, 0.15) is 6.10 Å². The fraction of sp³-hybridized carbons (Fsp3) is 0.500. The van der Waals surface area contributed by atoms with Gasteiger partial charge in [-0.1, -0.05) is 5.92 Å². The molecule has 0 aromatic carbocycles. The summed E-state index contributed by atoms with van der Waals surface area (Å²) in [6, 6.07) is 0. The molecule has 0 aliphatic carbocycles. The first-order valence-corrected chi connectivity index (χ1v) is 2.77. The topological polar surface area (TPSA) is 9.23 Å². The number of ether oxygens (including phenoxy) is 1. The monoisotopic (exact) mass is 122 g/mol. The fourth-order valence-electron chi connectivity index (χ4n) is 0.484. The molecule has 0 amide bonds. The Balaban J connectivity index is 3.37. The molecule has 0 saturated heterocycles. The SMILES string of the molecule is C#CCCC(C#C)OC. The lowest BCUT2D eigenvalue weighted by atomic mass is 10.2. The van der Waals surface area contributed by atoms with Crippen LogP contribution in [0.25, 0.3) is 0 Å². The lowest BCUT2D eigenvalue weighted by Crippen LogP contribution is -2.05. The van der Waals surface area contributed by atoms with E-state index in [4.69, 9.17) is 17.6 Å². The normalized spacial score (nSPS) is 11.4. The van der Waals surface area contributed by atoms with Crippen LogP contribution in [-0.2, 0) is 4.74 Å². The van der Waals surface area contributed by atoms with Crippen molar-refractivity contribution in [2.75, 3.05) is 7.11 Å². The first-order valence-electron chi connectivity index (χ1n) is 2.77. The van der Waals surface area contributed by atoms with Crippen LogP contribution in [-0.4, -0.2) is 13.2 Å². The fourth-order valence-corrected chi connectivity index (χ4v) is 0.484. The minimum absolute atomic E-state index is 0.110. The molecule has 1 nitrogen and oxygen atoms in total. The molecule has 0 radical (unpaired) electrons. The number of hydrogen-bond acceptors (Lipinski definition) is 1. The second kappa shape index (κ2) is 5.22. The van der Waals surface area contributed by atoms with Gasteiger partial charge in [-0.05, 0) is 6.42 Å². The molecule has 1 unspecified atom stereocenters. The molecule has 0 rings (SSSR count). The molecular weight excluding hydrogens is 112 g/mol. The van der Waals surface area contributed by atoms with Gasteiger partial charge in [0.25, 0.3) is 0 Å². The quantitative estimate of drug-likeness (QED) is 0.508. The van der Waals surface area contributed by atoms with Gasteiger partial charge in [-0.2, -0.15) is 0 Å². The van der Waals surface area contributed by atoms with Crippen LogP contribution in [0.4, 0.5) is 0 Å². The van der Waals surface area contributed by atoms with E-state index in [1.807, 2.05) is 0 Å². The summed E-state index contributed by atoms with van der Waals surface area (Å²) in [7, 11) is 1.58. The lowest BCUT2D eigenvalue weighted by Gasteiger charge is -2.03. The molecule has 48 valence electrons. The van der Waals surface area contributed by atoms with Crippen LogP contribution < -0.4 is 0 Å². The van der Waals surface area contributed by atoms with Crippen LogP contribution in [0, 0.1) is 24.7 Å². The van der Waals surface area contributed by atoms with Gasteiger partial charge in [0.05, 0.1) is 0 Å². The maximum Gasteiger partial charge on any atom is 0.118 e. The van der Waals surface area contributed by atoms with Crippen LogP contribution in [0.1, 0.15) is 12.8 Å². The zero-order chi connectivity index (χ0) is 7.11. The Kier molecular flexibility index (Phi) is 4.69. The maximum atomic E-state index is 5.08. The summed E-state index contributed by atoms with van der Waals surface area (Å²) >= 11 is 0. The van der Waals surface area contributed by atoms with Crippen molar-refractivity contribution in [1.29, 1.82) is 0 Å². The van der Waals surface area contributed by atoms with Gasteiger partial charge in [-0.15, -0.1) is 18.8 Å². The zero-order valence-electron chi connectivity index (χ0n) is 5.55. The largest absolute Gasteiger partial charge is 0.369 e. The second-order valence-electron chi connectivity index (χ2n) is 1.63. The van der Waals surface area contributed by atoms with Crippen molar-refractivity contribution >= 4 is 0 Å². The van der Waals surface area contributed by atoms with E-state index in [0.29, 0.717) is 6.42 Å². The van der Waals surface area contributed by atoms with E-state index in [-0.39, 0.29) is 6.10 Å². The number of methoxy groups -OCH3 is 1. The molecule has 0 aromatic rings. The Morgan fingerprint density at radius 3 is 2.56 bits per heavy atom. The van der Waals surface area contributed by atoms with E-state index >= 15 is 0 Å². The molecule has 9 heavy (non-hydrogen) atoms. The lowest BCUT2D eigenvalue weighted by molar-refractivity contribution is 0.142. The van der Waals surface area contributed by atoms with Crippen molar-refractivity contribution in [2.24, 2.45) is 0 Å². The minimum atomic E-state index is -0.110. The van der Waals surface area contributed by atoms with E-state index < -0.39 is 0 Å². The van der Waals surface area contributed by atoms with Gasteiger partial charge in [-0.25, -0.2) is 0 Å². The van der Waals surface area contributed by atoms with Crippen LogP contribution in [0.3, 0.4) is 0 Å². The molecule has 0 heterocycles. The standard InChI is InChI=1S/C8H10O/c1-4-6-7-8(5-2)9-3/h1-2,8H,6-7H2,3H3. The highest BCUT2D eigenvalue weighted by Gasteiger charge is 1.98. The van der Waals surface area contributed by atoms with Crippen LogP contribution in [0.15, 0.2) is 0 Å². The summed E-state index contributed by atoms with van der Waals surface area (Å²) in [6.07, 6.45) is 11.4. The Morgan fingerprint density at radius 2 is 2.22 bits per heavy atom. The van der Waals surface area contributed by atoms with Crippen molar-refractivity contribution in [3.63, 3.8) is 0 Å². The molecule has 0 fully saturated rings. The molecule has 0 aliphatic heterocycles. The smallest absolute Gasteiger partial charge is 0.118 e. The van der Waals surface area contributed by atoms with Gasteiger partial charge >= 0.3 is 0 Å². The molecule has 0 aromatic heterocycles. The molecule has 0 N–H and O–H groups in total. The maximum absolute atomic E-state index is 5.08. The Bertz CT molecular complexity index is 136. The van der Waals surface area contributed by atoms with Crippen molar-refractivity contribution in [3.05, 3.63) is 0 Å². The molecular formula is C8H10O. The van der Waals surface area contributed by atoms with Gasteiger partial charge in [-0.3, -0.25) is 0 Å². The van der Waals surface area contributed by atoms with E-state index in [2.05, 4.69) is 11.8 Å². The number of rotatable bonds is 3. The third kappa shape index (κ3) is 3.64. The number of terminal acetylenes is 2. The summed E-state index contributed by atoms with van der Waals surface area (Å²) in [6.45, 7) is 0. The predicted octanol–water partition coefficient (Wildman–Crippen LogP) is 1.05. The average molecular weight is 122 g/mol. The number of hydrogen-bond donors (Lipinski definition) is 0. The molecule has 0 bridgehead atoms. The van der Waals surface area contributed by atoms with Gasteiger partial charge in [0.15, 0.2) is 0 Å². The summed E-state index contributed by atoms with van der Waals surface area (Å²) in [4.78, 5) is 0. The van der Waals surface area contributed by atoms with E-state index in [1.165, 1.54) is 0 Å². The van der Waals surface area contributed by atoms with Gasteiger partial charge in [0, 0.05) is 13.5 Å². The predicted molar refractivity (Wildman–Crippen MR) is 37.7 cm³/mol. The summed E-state index contributed by atoms with van der Waals surface area (Å²) < 4.78 is 4.87. The minimum Gasteiger partial charge on any atom is -0.369 e. The van der Waals surface area contributed by atoms with E-state index in [1.54, 1.807) is 7.11 Å². The van der Waals surface area contributed by atoms with Crippen molar-refractivity contribution in [2.45, 2.75) is 18.9 Å². The molecule has 1 heteroatoms. The highest BCUT2D eigenvalue weighted by atomic mass is 16.5. The molecule has 0 spiro atoms. The Morgan fingerprint density at radius 1 is 1.56 bits per heavy atom. The van der Waals surface area contributed by atoms with E-state index in [0.717, 1.165) is 6.42 Å². The first kappa shape index (κ1) is 8.08. The average Bonchev–Trinajstić information content (AvgIpc) is 1.91. The first-order chi connectivity index (χ1) is 4.35. The molecule has 0 saturated carbocycles. The van der Waals surface area contributed by atoms with Gasteiger partial charge in [0.2, 0.25) is 0 Å². The van der Waals surface area contributed by atoms with Crippen molar-refractivity contribution < 1.29 is 4.74 Å². The Labute approximate surface area is 56.4 Å². The van der Waals surface area contributed by atoms with Gasteiger partial charge < -0.3 is 4.74 Å². The van der Waals surface area contributed by atoms with Crippen molar-refractivity contribution in [1.82, 2.24) is 0 Å². The summed E-state index contributed by atoms with van der Waals surface area (Å²) in [5, 5.41) is 0. The third-order valence-electron chi connectivity index (χ3n) is 1.02. The Hall–Kier alpha value is -0.920. The summed E-state index contributed by atoms with van der Waals surface area (Å²) in [5.74, 6) is 4.96. The second-order valence-corrected chi connectivity index (χ2v) is 1.63. The molecule has 1 atom stereocenters. The highest BCUT2D eigenvalue weighted by molar-refractivity contribution is 4.97. The summed E-state index contributed by atoms with van der Waals surface area (Å²) in [5.41, 5.74) is 0. The van der Waals surface area contributed by atoms with Crippen molar-refractivity contribution in [3.8, 4) is 24.7 Å². The molecule has 0 aliphatic rings. The van der Waals surface area contributed by atoms with Crippen LogP contribution in [0.5, 0.6) is 0 Å². The van der Waals surface area contributed by atoms with Crippen LogP contribution in [0.2, 0.25) is 0 Å². The van der Waals surface area contributed by atoms with Crippen LogP contribution >= 0.6 is 0 Å².